The van der Waals surface area contributed by atoms with Crippen LogP contribution in [0.25, 0.3) is 87.7 Å². The first-order chi connectivity index (χ1) is 20.3. The molecule has 190 valence electrons. The van der Waals surface area contributed by atoms with Crippen LogP contribution in [0.2, 0.25) is 0 Å². The summed E-state index contributed by atoms with van der Waals surface area (Å²) in [5.74, 6) is 0.668. The van der Waals surface area contributed by atoms with E-state index in [4.69, 9.17) is 9.97 Å². The molecule has 0 radical (unpaired) electrons. The number of rotatable bonds is 1. The van der Waals surface area contributed by atoms with E-state index in [-0.39, 0.29) is 0 Å². The van der Waals surface area contributed by atoms with Gasteiger partial charge in [0.25, 0.3) is 0 Å². The van der Waals surface area contributed by atoms with Gasteiger partial charge in [0, 0.05) is 38.5 Å². The summed E-state index contributed by atoms with van der Waals surface area (Å²) >= 11 is 0. The van der Waals surface area contributed by atoms with E-state index >= 15 is 0 Å². The van der Waals surface area contributed by atoms with Gasteiger partial charge in [-0.15, -0.1) is 0 Å². The quantitative estimate of drug-likeness (QED) is 0.216. The second-order valence-electron chi connectivity index (χ2n) is 10.9. The summed E-state index contributed by atoms with van der Waals surface area (Å²) in [6.45, 7) is 2.02. The fourth-order valence-electron chi connectivity index (χ4n) is 7.10. The minimum Gasteiger partial charge on any atom is -0.308 e. The monoisotopic (exact) mass is 523 g/mol. The van der Waals surface area contributed by atoms with Gasteiger partial charge in [0.15, 0.2) is 0 Å². The lowest BCUT2D eigenvalue weighted by molar-refractivity contribution is 0.986. The van der Waals surface area contributed by atoms with Gasteiger partial charge in [-0.2, -0.15) is 0 Å². The summed E-state index contributed by atoms with van der Waals surface area (Å²) in [6, 6.07) is 37.1. The van der Waals surface area contributed by atoms with Crippen molar-refractivity contribution in [3.63, 3.8) is 0 Å². The molecule has 0 amide bonds. The Hall–Kier alpha value is -5.55. The van der Waals surface area contributed by atoms with Gasteiger partial charge >= 0.3 is 0 Å². The molecule has 0 aliphatic rings. The smallest absolute Gasteiger partial charge is 0.235 e. The zero-order valence-electron chi connectivity index (χ0n) is 22.1. The number of pyridine rings is 1. The molecule has 0 bridgehead atoms. The molecule has 0 saturated heterocycles. The molecular weight excluding hydrogens is 502 g/mol. The van der Waals surface area contributed by atoms with Gasteiger partial charge in [0.1, 0.15) is 5.52 Å². The highest BCUT2D eigenvalue weighted by Crippen LogP contribution is 2.46. The van der Waals surface area contributed by atoms with Gasteiger partial charge in [-0.05, 0) is 60.2 Å². The first-order valence-electron chi connectivity index (χ1n) is 13.9. The summed E-state index contributed by atoms with van der Waals surface area (Å²) in [4.78, 5) is 14.8. The fourth-order valence-corrected chi connectivity index (χ4v) is 7.10. The van der Waals surface area contributed by atoms with Crippen LogP contribution in [0.1, 0.15) is 5.69 Å². The maximum Gasteiger partial charge on any atom is 0.235 e. The van der Waals surface area contributed by atoms with Gasteiger partial charge in [-0.1, -0.05) is 60.7 Å². The highest BCUT2D eigenvalue weighted by atomic mass is 15.2. The zero-order valence-corrected chi connectivity index (χ0v) is 22.1. The number of para-hydroxylation sites is 2. The lowest BCUT2D eigenvalue weighted by Crippen LogP contribution is -2.04. The molecule has 41 heavy (non-hydrogen) atoms. The Kier molecular flexibility index (Phi) is 3.81. The maximum absolute atomic E-state index is 5.11. The molecule has 5 heteroatoms. The molecule has 5 heterocycles. The van der Waals surface area contributed by atoms with Crippen molar-refractivity contribution in [1.82, 2.24) is 23.9 Å². The van der Waals surface area contributed by atoms with Crippen molar-refractivity contribution in [2.45, 2.75) is 6.92 Å². The molecule has 5 aromatic carbocycles. The highest BCUT2D eigenvalue weighted by molar-refractivity contribution is 6.34. The largest absolute Gasteiger partial charge is 0.308 e. The van der Waals surface area contributed by atoms with Crippen LogP contribution in [-0.2, 0) is 0 Å². The topological polar surface area (TPSA) is 48.0 Å². The number of benzene rings is 5. The van der Waals surface area contributed by atoms with Crippen LogP contribution in [0.4, 0.5) is 0 Å². The van der Waals surface area contributed by atoms with Crippen molar-refractivity contribution in [1.29, 1.82) is 0 Å². The van der Waals surface area contributed by atoms with Crippen molar-refractivity contribution in [2.75, 3.05) is 0 Å². The standard InChI is InChI=1S/C36H21N5/c1-20-33-28(13-8-16-37-33)39-36(38-20)41-31-18-22-10-3-2-9-21(22)17-25(31)27-19-26-23-11-4-6-14-29(23)40-30-15-7-5-12-24(30)32(34(26)40)35(27)41/h2-19H,1H3. The van der Waals surface area contributed by atoms with Gasteiger partial charge in [0.2, 0.25) is 5.95 Å². The molecule has 10 rings (SSSR count). The van der Waals surface area contributed by atoms with E-state index in [1.165, 1.54) is 59.6 Å². The lowest BCUT2D eigenvalue weighted by atomic mass is 10.0. The highest BCUT2D eigenvalue weighted by Gasteiger charge is 2.25. The average Bonchev–Trinajstić information content (AvgIpc) is 3.64. The van der Waals surface area contributed by atoms with E-state index in [0.717, 1.165) is 27.8 Å². The minimum atomic E-state index is 0.668. The number of fused-ring (bicyclic) bond motifs is 12. The number of hydrogen-bond acceptors (Lipinski definition) is 3. The molecule has 0 aliphatic carbocycles. The van der Waals surface area contributed by atoms with Crippen molar-refractivity contribution in [3.05, 3.63) is 115 Å². The van der Waals surface area contributed by atoms with Crippen LogP contribution in [0.5, 0.6) is 0 Å². The van der Waals surface area contributed by atoms with E-state index < -0.39 is 0 Å². The third kappa shape index (κ3) is 2.59. The maximum atomic E-state index is 5.11. The summed E-state index contributed by atoms with van der Waals surface area (Å²) in [6.07, 6.45) is 1.80. The Morgan fingerprint density at radius 2 is 1.27 bits per heavy atom. The van der Waals surface area contributed by atoms with Crippen LogP contribution in [-0.4, -0.2) is 23.9 Å². The Morgan fingerprint density at radius 3 is 2.12 bits per heavy atom. The second kappa shape index (κ2) is 7.34. The molecule has 0 unspecified atom stereocenters. The van der Waals surface area contributed by atoms with Gasteiger partial charge < -0.3 is 4.40 Å². The third-order valence-corrected chi connectivity index (χ3v) is 8.78. The van der Waals surface area contributed by atoms with Crippen molar-refractivity contribution >= 4 is 81.7 Å². The predicted octanol–water partition coefficient (Wildman–Crippen LogP) is 8.73. The first-order valence-corrected chi connectivity index (χ1v) is 13.9. The molecule has 10 aromatic rings. The second-order valence-corrected chi connectivity index (χ2v) is 10.9. The average molecular weight is 524 g/mol. The van der Waals surface area contributed by atoms with Crippen LogP contribution in [0.15, 0.2) is 109 Å². The van der Waals surface area contributed by atoms with E-state index in [1.807, 2.05) is 19.1 Å². The van der Waals surface area contributed by atoms with E-state index in [2.05, 4.69) is 105 Å². The van der Waals surface area contributed by atoms with Gasteiger partial charge in [0.05, 0.1) is 38.8 Å². The molecule has 0 atom stereocenters. The molecule has 5 aromatic heterocycles. The Balaban J connectivity index is 1.54. The molecule has 0 spiro atoms. The lowest BCUT2D eigenvalue weighted by Gasteiger charge is -2.10. The molecule has 0 fully saturated rings. The SMILES string of the molecule is Cc1nc(-n2c3cc4ccccc4cc3c3cc4c5ccccc5n5c6ccccc6c(c32)c45)nc2cccnc12. The van der Waals surface area contributed by atoms with E-state index in [1.54, 1.807) is 6.20 Å². The number of hydrogen-bond donors (Lipinski definition) is 0. The predicted molar refractivity (Wildman–Crippen MR) is 169 cm³/mol. The van der Waals surface area contributed by atoms with Crippen LogP contribution in [0, 0.1) is 6.92 Å². The van der Waals surface area contributed by atoms with Gasteiger partial charge in [-0.25, -0.2) is 9.97 Å². The van der Waals surface area contributed by atoms with Crippen molar-refractivity contribution in [2.24, 2.45) is 0 Å². The van der Waals surface area contributed by atoms with Crippen LogP contribution < -0.4 is 0 Å². The first kappa shape index (κ1) is 21.3. The number of nitrogens with zero attached hydrogens (tertiary/aromatic N) is 5. The molecular formula is C36H21N5. The summed E-state index contributed by atoms with van der Waals surface area (Å²) in [5, 5.41) is 9.83. The zero-order chi connectivity index (χ0) is 26.8. The Bertz CT molecular complexity index is 2710. The normalized spacial score (nSPS) is 12.5. The number of aryl methyl sites for hydroxylation is 1. The minimum absolute atomic E-state index is 0.668. The molecule has 0 aliphatic heterocycles. The van der Waals surface area contributed by atoms with E-state index in [0.29, 0.717) is 5.95 Å². The van der Waals surface area contributed by atoms with Crippen molar-refractivity contribution in [3.8, 4) is 5.95 Å². The van der Waals surface area contributed by atoms with Gasteiger partial charge in [-0.3, -0.25) is 9.55 Å². The summed E-state index contributed by atoms with van der Waals surface area (Å²) in [7, 11) is 0. The fraction of sp³-hybridized carbons (Fsp3) is 0.0278. The van der Waals surface area contributed by atoms with Crippen LogP contribution >= 0.6 is 0 Å². The Morgan fingerprint density at radius 1 is 0.561 bits per heavy atom. The summed E-state index contributed by atoms with van der Waals surface area (Å²) < 4.78 is 4.72. The molecule has 0 saturated carbocycles. The number of aromatic nitrogens is 5. The van der Waals surface area contributed by atoms with Crippen molar-refractivity contribution < 1.29 is 0 Å². The molecule has 0 N–H and O–H groups in total. The Labute approximate surface area is 233 Å². The summed E-state index contributed by atoms with van der Waals surface area (Å²) in [5.41, 5.74) is 8.47. The van der Waals surface area contributed by atoms with E-state index in [9.17, 15) is 0 Å². The third-order valence-electron chi connectivity index (χ3n) is 8.78. The van der Waals surface area contributed by atoms with Crippen LogP contribution in [0.3, 0.4) is 0 Å². The molecule has 5 nitrogen and oxygen atoms in total.